The molecule has 3 aromatic rings. The number of aromatic nitrogens is 1. The van der Waals surface area contributed by atoms with Crippen molar-refractivity contribution in [2.24, 2.45) is 0 Å². The van der Waals surface area contributed by atoms with Gasteiger partial charge in [0.1, 0.15) is 0 Å². The Morgan fingerprint density at radius 3 is 2.27 bits per heavy atom. The number of aryl methyl sites for hydroxylation is 1. The van der Waals surface area contributed by atoms with Crippen LogP contribution in [0.4, 0.5) is 17.2 Å². The van der Waals surface area contributed by atoms with Crippen molar-refractivity contribution in [3.05, 3.63) is 71.8 Å². The van der Waals surface area contributed by atoms with Gasteiger partial charge in [-0.15, -0.1) is 0 Å². The third kappa shape index (κ3) is 5.27. The molecule has 0 bridgehead atoms. The number of nitrogens with one attached hydrogen (secondary N) is 1. The molecule has 5 nitrogen and oxygen atoms in total. The zero-order chi connectivity index (χ0) is 22.6. The number of ether oxygens (including phenoxy) is 1. The molecule has 2 fully saturated rings. The summed E-state index contributed by atoms with van der Waals surface area (Å²) >= 11 is 2.15. The first kappa shape index (κ1) is 22.5. The molecule has 0 amide bonds. The number of anilines is 3. The van der Waals surface area contributed by atoms with Crippen LogP contribution in [-0.2, 0) is 24.1 Å². The SMILES string of the molecule is Cc1ccc(-c2ccc([C](=[Mo])N3CCCC3)cc2)nc1Nc1ccc(N2CCOCC2)cc1. The summed E-state index contributed by atoms with van der Waals surface area (Å²) in [6.07, 6.45) is 2.60. The molecule has 0 saturated carbocycles. The fourth-order valence-corrected chi connectivity index (χ4v) is 5.20. The second-order valence-electron chi connectivity index (χ2n) is 8.71. The van der Waals surface area contributed by atoms with Crippen LogP contribution in [0.2, 0.25) is 0 Å². The molecule has 2 aromatic carbocycles. The van der Waals surface area contributed by atoms with E-state index in [1.807, 2.05) is 0 Å². The molecular formula is C27H30MoN4O. The minimum absolute atomic E-state index is 0.798. The van der Waals surface area contributed by atoms with Crippen molar-refractivity contribution < 1.29 is 24.1 Å². The minimum atomic E-state index is 0.798. The van der Waals surface area contributed by atoms with E-state index >= 15 is 0 Å². The molecule has 0 unspecified atom stereocenters. The second-order valence-corrected chi connectivity index (χ2v) is 9.66. The van der Waals surface area contributed by atoms with E-state index in [-0.39, 0.29) is 0 Å². The van der Waals surface area contributed by atoms with E-state index in [4.69, 9.17) is 9.72 Å². The Kier molecular flexibility index (Phi) is 7.01. The fourth-order valence-electron chi connectivity index (χ4n) is 4.42. The van der Waals surface area contributed by atoms with E-state index in [2.05, 4.69) is 102 Å². The topological polar surface area (TPSA) is 40.6 Å². The summed E-state index contributed by atoms with van der Waals surface area (Å²) < 4.78 is 6.84. The average Bonchev–Trinajstić information content (AvgIpc) is 3.41. The van der Waals surface area contributed by atoms with Gasteiger partial charge in [0.15, 0.2) is 0 Å². The molecule has 0 aliphatic carbocycles. The van der Waals surface area contributed by atoms with Gasteiger partial charge in [-0.2, -0.15) is 0 Å². The zero-order valence-corrected chi connectivity index (χ0v) is 21.1. The number of hydrogen-bond acceptors (Lipinski definition) is 5. The number of rotatable bonds is 6. The van der Waals surface area contributed by atoms with Gasteiger partial charge in [-0.3, -0.25) is 0 Å². The molecule has 0 spiro atoms. The van der Waals surface area contributed by atoms with E-state index in [0.717, 1.165) is 54.6 Å². The standard InChI is InChI=1S/C27H30N4O.Mo/c1-21-4-13-26(23-7-5-22(6-8-23)20-30-14-2-3-15-30)29-27(21)28-24-9-11-25(12-10-24)31-16-18-32-19-17-31;/h4-13H,2-3,14-19H2,1H3,(H,28,29);. The number of nitrogens with zero attached hydrogens (tertiary/aromatic N) is 3. The van der Waals surface area contributed by atoms with Crippen molar-refractivity contribution >= 4 is 21.2 Å². The summed E-state index contributed by atoms with van der Waals surface area (Å²) in [4.78, 5) is 9.81. The molecule has 6 heteroatoms. The molecule has 1 N–H and O–H groups in total. The van der Waals surface area contributed by atoms with E-state index in [9.17, 15) is 0 Å². The van der Waals surface area contributed by atoms with Crippen LogP contribution < -0.4 is 10.2 Å². The number of morpholine rings is 1. The Balaban J connectivity index is 1.30. The number of pyridine rings is 1. The molecule has 2 aliphatic rings. The first-order valence-corrected chi connectivity index (χ1v) is 12.7. The summed E-state index contributed by atoms with van der Waals surface area (Å²) in [6.45, 7) is 7.95. The molecule has 2 saturated heterocycles. The third-order valence-electron chi connectivity index (χ3n) is 6.42. The predicted molar refractivity (Wildman–Crippen MR) is 132 cm³/mol. The van der Waals surface area contributed by atoms with E-state index in [1.165, 1.54) is 41.2 Å². The monoisotopic (exact) mass is 524 g/mol. The Bertz CT molecular complexity index is 1100. The van der Waals surface area contributed by atoms with Gasteiger partial charge in [0, 0.05) is 18.8 Å². The van der Waals surface area contributed by atoms with Gasteiger partial charge in [-0.05, 0) is 0 Å². The molecule has 5 rings (SSSR count). The molecule has 1 aromatic heterocycles. The number of likely N-dealkylation sites (tertiary alicyclic amines) is 1. The van der Waals surface area contributed by atoms with Gasteiger partial charge in [0.25, 0.3) is 0 Å². The third-order valence-corrected chi connectivity index (χ3v) is 7.64. The van der Waals surface area contributed by atoms with Gasteiger partial charge in [0.2, 0.25) is 0 Å². The van der Waals surface area contributed by atoms with E-state index in [1.54, 1.807) is 0 Å². The van der Waals surface area contributed by atoms with Gasteiger partial charge >= 0.3 is 166 Å². The molecule has 0 radical (unpaired) electrons. The van der Waals surface area contributed by atoms with Crippen LogP contribution in [0, 0.1) is 6.92 Å². The van der Waals surface area contributed by atoms with E-state index < -0.39 is 0 Å². The predicted octanol–water partition coefficient (Wildman–Crippen LogP) is 4.76. The van der Waals surface area contributed by atoms with Crippen LogP contribution in [-0.4, -0.2) is 53.3 Å². The van der Waals surface area contributed by atoms with Crippen LogP contribution in [0.5, 0.6) is 0 Å². The second kappa shape index (κ2) is 10.3. The summed E-state index contributed by atoms with van der Waals surface area (Å²) in [5.74, 6) is 0.899. The summed E-state index contributed by atoms with van der Waals surface area (Å²) in [7, 11) is 0. The Hall–Kier alpha value is -2.33. The van der Waals surface area contributed by atoms with Crippen LogP contribution in [0.25, 0.3) is 11.3 Å². The zero-order valence-electron chi connectivity index (χ0n) is 19.1. The van der Waals surface area contributed by atoms with Gasteiger partial charge in [0.05, 0.1) is 13.2 Å². The first-order chi connectivity index (χ1) is 16.2. The Morgan fingerprint density at radius 1 is 0.879 bits per heavy atom. The van der Waals surface area contributed by atoms with Crippen molar-refractivity contribution in [3.8, 4) is 11.3 Å². The quantitative estimate of drug-likeness (QED) is 0.473. The number of hydrogen-bond donors (Lipinski definition) is 1. The molecule has 170 valence electrons. The normalized spacial score (nSPS) is 16.7. The Morgan fingerprint density at radius 2 is 1.58 bits per heavy atom. The van der Waals surface area contributed by atoms with Crippen molar-refractivity contribution in [1.29, 1.82) is 0 Å². The maximum absolute atomic E-state index is 5.46. The summed E-state index contributed by atoms with van der Waals surface area (Å²) in [5, 5.41) is 3.51. The van der Waals surface area contributed by atoms with Gasteiger partial charge in [-0.1, -0.05) is 0 Å². The van der Waals surface area contributed by atoms with E-state index in [0.29, 0.717) is 0 Å². The number of benzene rings is 2. The summed E-state index contributed by atoms with van der Waals surface area (Å²) in [6, 6.07) is 21.7. The average molecular weight is 523 g/mol. The van der Waals surface area contributed by atoms with Crippen molar-refractivity contribution in [2.75, 3.05) is 49.6 Å². The summed E-state index contributed by atoms with van der Waals surface area (Å²) in [5.41, 5.74) is 6.84. The molecule has 33 heavy (non-hydrogen) atoms. The van der Waals surface area contributed by atoms with Crippen molar-refractivity contribution in [1.82, 2.24) is 9.88 Å². The molecule has 0 atom stereocenters. The molecule has 3 heterocycles. The van der Waals surface area contributed by atoms with Crippen LogP contribution in [0.3, 0.4) is 0 Å². The van der Waals surface area contributed by atoms with Crippen LogP contribution in [0.15, 0.2) is 60.7 Å². The molecule has 2 aliphatic heterocycles. The fraction of sp³-hybridized carbons (Fsp3) is 0.333. The van der Waals surface area contributed by atoms with Gasteiger partial charge < -0.3 is 9.64 Å². The van der Waals surface area contributed by atoms with Gasteiger partial charge in [-0.25, -0.2) is 0 Å². The maximum atomic E-state index is 5.46. The van der Waals surface area contributed by atoms with Crippen LogP contribution >= 0.6 is 0 Å². The first-order valence-electron chi connectivity index (χ1n) is 11.7. The van der Waals surface area contributed by atoms with Crippen LogP contribution in [0.1, 0.15) is 24.0 Å². The van der Waals surface area contributed by atoms with Crippen molar-refractivity contribution in [2.45, 2.75) is 19.8 Å². The Labute approximate surface area is 207 Å². The van der Waals surface area contributed by atoms with Crippen molar-refractivity contribution in [3.63, 3.8) is 0 Å². The molecular weight excluding hydrogens is 492 g/mol.